The Morgan fingerprint density at radius 1 is 1.07 bits per heavy atom. The van der Waals surface area contributed by atoms with Crippen molar-refractivity contribution in [1.82, 2.24) is 5.01 Å². The molecule has 8 heteroatoms. The van der Waals surface area contributed by atoms with Gasteiger partial charge >= 0.3 is 0 Å². The van der Waals surface area contributed by atoms with Crippen LogP contribution in [0.4, 0.5) is 11.4 Å². The summed E-state index contributed by atoms with van der Waals surface area (Å²) in [4.78, 5) is 39.1. The maximum absolute atomic E-state index is 12.9. The van der Waals surface area contributed by atoms with Gasteiger partial charge in [0.25, 0.3) is 11.8 Å². The highest BCUT2D eigenvalue weighted by Crippen LogP contribution is 2.31. The van der Waals surface area contributed by atoms with Crippen molar-refractivity contribution in [2.75, 3.05) is 16.8 Å². The third-order valence-corrected chi connectivity index (χ3v) is 4.83. The molecule has 2 aromatic carbocycles. The van der Waals surface area contributed by atoms with Crippen LogP contribution in [0, 0.1) is 13.8 Å². The highest BCUT2D eigenvalue weighted by molar-refractivity contribution is 6.25. The molecule has 4 rings (SSSR count). The summed E-state index contributed by atoms with van der Waals surface area (Å²) in [6, 6.07) is 12.6. The normalized spacial score (nSPS) is 20.6. The zero-order chi connectivity index (χ0) is 19.8. The maximum atomic E-state index is 12.9. The van der Waals surface area contributed by atoms with Gasteiger partial charge in [0, 0.05) is 5.69 Å². The van der Waals surface area contributed by atoms with Crippen LogP contribution in [0.25, 0.3) is 0 Å². The van der Waals surface area contributed by atoms with Crippen molar-refractivity contribution in [2.24, 2.45) is 10.3 Å². The average Bonchev–Trinajstić information content (AvgIpc) is 3.18. The highest BCUT2D eigenvalue weighted by atomic mass is 16.2. The average molecular weight is 377 g/mol. The molecule has 142 valence electrons. The van der Waals surface area contributed by atoms with Crippen LogP contribution in [-0.2, 0) is 14.4 Å². The molecule has 0 saturated carbocycles. The molecule has 1 saturated heterocycles. The molecule has 0 aromatic heterocycles. The summed E-state index contributed by atoms with van der Waals surface area (Å²) in [5.41, 5.74) is 3.23. The molecule has 2 aliphatic heterocycles. The third-order valence-electron chi connectivity index (χ3n) is 4.83. The second kappa shape index (κ2) is 6.88. The number of rotatable bonds is 4. The first kappa shape index (κ1) is 17.8. The van der Waals surface area contributed by atoms with Gasteiger partial charge in [-0.2, -0.15) is 5.11 Å². The van der Waals surface area contributed by atoms with Gasteiger partial charge in [0.15, 0.2) is 12.1 Å². The van der Waals surface area contributed by atoms with Crippen molar-refractivity contribution in [3.8, 4) is 0 Å². The number of amides is 3. The Morgan fingerprint density at radius 3 is 2.54 bits per heavy atom. The molecule has 0 spiro atoms. The van der Waals surface area contributed by atoms with Crippen molar-refractivity contribution in [3.63, 3.8) is 0 Å². The summed E-state index contributed by atoms with van der Waals surface area (Å²) in [6.07, 6.45) is 0. The van der Waals surface area contributed by atoms with Gasteiger partial charge in [0.1, 0.15) is 6.54 Å². The van der Waals surface area contributed by atoms with Crippen molar-refractivity contribution < 1.29 is 14.4 Å². The lowest BCUT2D eigenvalue weighted by molar-refractivity contribution is -0.123. The summed E-state index contributed by atoms with van der Waals surface area (Å²) in [5.74, 6) is -1.18. The molecule has 0 bridgehead atoms. The van der Waals surface area contributed by atoms with E-state index in [4.69, 9.17) is 0 Å². The van der Waals surface area contributed by atoms with Crippen LogP contribution >= 0.6 is 0 Å². The number of nitrogens with zero attached hydrogens (tertiary/aromatic N) is 4. The fraction of sp³-hybridized carbons (Fsp3) is 0.250. The molecular formula is C20H19N5O3. The predicted octanol–water partition coefficient (Wildman–Crippen LogP) is 2.24. The van der Waals surface area contributed by atoms with Crippen LogP contribution in [0.15, 0.2) is 58.9 Å². The van der Waals surface area contributed by atoms with Gasteiger partial charge in [0.05, 0.1) is 5.69 Å². The maximum Gasteiger partial charge on any atom is 0.263 e. The second-order valence-electron chi connectivity index (χ2n) is 6.91. The molecule has 0 radical (unpaired) electrons. The van der Waals surface area contributed by atoms with E-state index in [1.54, 1.807) is 30.3 Å². The monoisotopic (exact) mass is 377 g/mol. The van der Waals surface area contributed by atoms with Gasteiger partial charge in [0.2, 0.25) is 5.91 Å². The first-order chi connectivity index (χ1) is 13.5. The summed E-state index contributed by atoms with van der Waals surface area (Å²) < 4.78 is 0. The molecule has 2 aromatic rings. The predicted molar refractivity (Wildman–Crippen MR) is 103 cm³/mol. The summed E-state index contributed by atoms with van der Waals surface area (Å²) in [7, 11) is 0. The molecule has 2 heterocycles. The second-order valence-corrected chi connectivity index (χ2v) is 6.91. The van der Waals surface area contributed by atoms with Crippen LogP contribution in [0.1, 0.15) is 11.1 Å². The smallest absolute Gasteiger partial charge is 0.263 e. The number of nitrogens with one attached hydrogen (secondary N) is 1. The number of para-hydroxylation sites is 1. The van der Waals surface area contributed by atoms with E-state index in [0.717, 1.165) is 16.0 Å². The van der Waals surface area contributed by atoms with Gasteiger partial charge in [-0.1, -0.05) is 41.1 Å². The van der Waals surface area contributed by atoms with E-state index in [0.29, 0.717) is 11.4 Å². The number of imide groups is 1. The molecule has 1 fully saturated rings. The fourth-order valence-electron chi connectivity index (χ4n) is 3.48. The standard InChI is InChI=1S/C20H19N5O3/c1-12-8-9-15(13(2)10-12)21-16(26)11-24-18-17(22-23-24)19(27)25(20(18)28)14-6-4-3-5-7-14/h3-10,17-18H,11H2,1-2H3,(H,21,26)/t17-,18-/m1/s1. The summed E-state index contributed by atoms with van der Waals surface area (Å²) in [6.45, 7) is 3.72. The Labute approximate surface area is 161 Å². The molecule has 0 unspecified atom stereocenters. The van der Waals surface area contributed by atoms with Crippen molar-refractivity contribution in [3.05, 3.63) is 59.7 Å². The lowest BCUT2D eigenvalue weighted by Crippen LogP contribution is -2.43. The van der Waals surface area contributed by atoms with Gasteiger partial charge in [-0.3, -0.25) is 19.4 Å². The number of fused-ring (bicyclic) bond motifs is 1. The number of anilines is 2. The van der Waals surface area contributed by atoms with Crippen LogP contribution in [-0.4, -0.2) is 41.4 Å². The number of hydrogen-bond donors (Lipinski definition) is 1. The molecule has 1 N–H and O–H groups in total. The Bertz CT molecular complexity index is 989. The lowest BCUT2D eigenvalue weighted by atomic mass is 10.1. The van der Waals surface area contributed by atoms with Crippen LogP contribution < -0.4 is 10.2 Å². The van der Waals surface area contributed by atoms with E-state index >= 15 is 0 Å². The van der Waals surface area contributed by atoms with Crippen molar-refractivity contribution in [1.29, 1.82) is 0 Å². The lowest BCUT2D eigenvalue weighted by Gasteiger charge is -2.20. The summed E-state index contributed by atoms with van der Waals surface area (Å²) in [5, 5.41) is 11.9. The molecule has 0 aliphatic carbocycles. The highest BCUT2D eigenvalue weighted by Gasteiger charge is 2.55. The van der Waals surface area contributed by atoms with E-state index in [1.165, 1.54) is 5.01 Å². The molecule has 3 amide bonds. The Balaban J connectivity index is 1.48. The van der Waals surface area contributed by atoms with Gasteiger partial charge in [-0.15, -0.1) is 0 Å². The van der Waals surface area contributed by atoms with Gasteiger partial charge in [-0.25, -0.2) is 4.90 Å². The van der Waals surface area contributed by atoms with Crippen LogP contribution in [0.2, 0.25) is 0 Å². The zero-order valence-corrected chi connectivity index (χ0v) is 15.5. The number of aryl methyl sites for hydroxylation is 2. The summed E-state index contributed by atoms with van der Waals surface area (Å²) >= 11 is 0. The first-order valence-corrected chi connectivity index (χ1v) is 8.93. The molecule has 8 nitrogen and oxygen atoms in total. The number of benzene rings is 2. The van der Waals surface area contributed by atoms with E-state index in [-0.39, 0.29) is 12.5 Å². The Kier molecular flexibility index (Phi) is 4.38. The van der Waals surface area contributed by atoms with Gasteiger partial charge in [-0.05, 0) is 37.6 Å². The van der Waals surface area contributed by atoms with Gasteiger partial charge < -0.3 is 5.32 Å². The van der Waals surface area contributed by atoms with Crippen LogP contribution in [0.3, 0.4) is 0 Å². The zero-order valence-electron chi connectivity index (χ0n) is 15.5. The van der Waals surface area contributed by atoms with E-state index in [2.05, 4.69) is 15.7 Å². The molecule has 28 heavy (non-hydrogen) atoms. The third kappa shape index (κ3) is 3.02. The minimum atomic E-state index is -0.915. The molecule has 2 aliphatic rings. The quantitative estimate of drug-likeness (QED) is 0.827. The SMILES string of the molecule is Cc1ccc(NC(=O)CN2N=N[C@H]3C(=O)N(c4ccccc4)C(=O)[C@@H]32)c(C)c1. The Morgan fingerprint density at radius 2 is 1.82 bits per heavy atom. The van der Waals surface area contributed by atoms with Crippen molar-refractivity contribution in [2.45, 2.75) is 25.9 Å². The van der Waals surface area contributed by atoms with Crippen LogP contribution in [0.5, 0.6) is 0 Å². The first-order valence-electron chi connectivity index (χ1n) is 8.93. The number of carbonyl (C=O) groups excluding carboxylic acids is 3. The van der Waals surface area contributed by atoms with Crippen molar-refractivity contribution >= 4 is 29.1 Å². The Hall–Kier alpha value is -3.55. The van der Waals surface area contributed by atoms with E-state index in [1.807, 2.05) is 32.0 Å². The minimum Gasteiger partial charge on any atom is -0.324 e. The fourth-order valence-corrected chi connectivity index (χ4v) is 3.48. The topological polar surface area (TPSA) is 94.4 Å². The molecular weight excluding hydrogens is 358 g/mol. The van der Waals surface area contributed by atoms with E-state index in [9.17, 15) is 14.4 Å². The molecule has 2 atom stereocenters. The number of carbonyl (C=O) groups is 3. The number of hydrogen-bond acceptors (Lipinski definition) is 6. The van der Waals surface area contributed by atoms with E-state index < -0.39 is 23.9 Å². The largest absolute Gasteiger partial charge is 0.324 e. The minimum absolute atomic E-state index is 0.167.